The molecule has 0 saturated carbocycles. The molecule has 2 rings (SSSR count). The van der Waals surface area contributed by atoms with Crippen LogP contribution in [0.3, 0.4) is 0 Å². The molecule has 0 aliphatic rings. The molecule has 2 nitrogen and oxygen atoms in total. The number of carbonyl (C=O) groups excluding carboxylic acids is 1. The molecule has 2 unspecified atom stereocenters. The van der Waals surface area contributed by atoms with E-state index in [-0.39, 0.29) is 33.0 Å². The first kappa shape index (κ1) is 27.0. The maximum atomic E-state index is 13.1. The zero-order chi connectivity index (χ0) is 21.6. The van der Waals surface area contributed by atoms with Gasteiger partial charge in [-0.3, -0.25) is 4.79 Å². The van der Waals surface area contributed by atoms with Crippen LogP contribution in [-0.4, -0.2) is 31.0 Å². The van der Waals surface area contributed by atoms with Crippen LogP contribution in [0, 0.1) is 40.5 Å². The first-order chi connectivity index (χ1) is 13.8. The first-order valence-corrected chi connectivity index (χ1v) is 11.9. The summed E-state index contributed by atoms with van der Waals surface area (Å²) in [7, 11) is 0.140. The van der Waals surface area contributed by atoms with Crippen molar-refractivity contribution in [1.82, 2.24) is 0 Å². The third kappa shape index (κ3) is 6.98. The molecule has 0 fully saturated rings. The number of hydrogen-bond acceptors (Lipinski definition) is 2. The Morgan fingerprint density at radius 3 is 2.27 bits per heavy atom. The summed E-state index contributed by atoms with van der Waals surface area (Å²) in [6.45, 7) is 15.7. The Kier molecular flexibility index (Phi) is 11.4. The summed E-state index contributed by atoms with van der Waals surface area (Å²) in [5.74, 6) is 1.53. The summed E-state index contributed by atoms with van der Waals surface area (Å²) in [5, 5.41) is 1.11. The summed E-state index contributed by atoms with van der Waals surface area (Å²) in [4.78, 5) is 13.1. The summed E-state index contributed by atoms with van der Waals surface area (Å²) < 4.78 is 6.07. The molecular formula is C26H38LiO2P. The summed E-state index contributed by atoms with van der Waals surface area (Å²) >= 11 is 0. The predicted molar refractivity (Wildman–Crippen MR) is 135 cm³/mol. The van der Waals surface area contributed by atoms with Crippen LogP contribution in [0.25, 0.3) is 0 Å². The average molecular weight is 421 g/mol. The van der Waals surface area contributed by atoms with Crippen molar-refractivity contribution in [2.75, 3.05) is 6.61 Å². The molecule has 30 heavy (non-hydrogen) atoms. The molecule has 4 heteroatoms. The zero-order valence-corrected chi connectivity index (χ0v) is 20.2. The fourth-order valence-electron chi connectivity index (χ4n) is 3.80. The van der Waals surface area contributed by atoms with Gasteiger partial charge in [0.25, 0.3) is 0 Å². The van der Waals surface area contributed by atoms with Crippen LogP contribution in [0.5, 0.6) is 5.75 Å². The van der Waals surface area contributed by atoms with E-state index in [4.69, 9.17) is 4.74 Å². The van der Waals surface area contributed by atoms with Gasteiger partial charge in [0.05, 0.1) is 6.61 Å². The third-order valence-electron chi connectivity index (χ3n) is 6.06. The molecule has 0 aromatic heterocycles. The van der Waals surface area contributed by atoms with E-state index < -0.39 is 0 Å². The second kappa shape index (κ2) is 12.7. The number of benzene rings is 2. The van der Waals surface area contributed by atoms with Gasteiger partial charge in [-0.1, -0.05) is 45.2 Å². The third-order valence-corrected chi connectivity index (χ3v) is 7.37. The summed E-state index contributed by atoms with van der Waals surface area (Å²) in [6.07, 6.45) is 4.88. The van der Waals surface area contributed by atoms with E-state index in [1.807, 2.05) is 13.0 Å². The maximum absolute atomic E-state index is 13.1. The van der Waals surface area contributed by atoms with Gasteiger partial charge in [-0.05, 0) is 101 Å². The van der Waals surface area contributed by atoms with E-state index >= 15 is 0 Å². The molecule has 160 valence electrons. The Morgan fingerprint density at radius 2 is 1.67 bits per heavy atom. The fourth-order valence-corrected chi connectivity index (χ4v) is 4.99. The van der Waals surface area contributed by atoms with Crippen molar-refractivity contribution in [3.05, 3.63) is 57.6 Å². The molecule has 2 aromatic rings. The van der Waals surface area contributed by atoms with Crippen LogP contribution in [0.2, 0.25) is 0 Å². The van der Waals surface area contributed by atoms with Crippen LogP contribution >= 0.6 is 8.58 Å². The van der Waals surface area contributed by atoms with Crippen LogP contribution in [0.15, 0.2) is 24.3 Å². The van der Waals surface area contributed by atoms with Gasteiger partial charge in [-0.15, -0.1) is 0 Å². The molecule has 0 aliphatic heterocycles. The number of hydrogen-bond donors (Lipinski definition) is 0. The second-order valence-corrected chi connectivity index (χ2v) is 9.54. The van der Waals surface area contributed by atoms with Crippen molar-refractivity contribution in [3.8, 4) is 5.75 Å². The molecule has 2 aromatic carbocycles. The fraction of sp³-hybridized carbons (Fsp3) is 0.500. The SMILES string of the molecule is CCCCC(CC)COc1ccc(PC(=O)c2c(C)cc(C)c(C)c2C)c(C)c1.[LiH]. The molecule has 0 bridgehead atoms. The standard InChI is InChI=1S/C26H37O2P.Li.H/c1-8-10-11-22(9-2)16-28-23-12-13-24(18(4)15-23)29-26(27)25-19(5)14-17(3)20(6)21(25)7;;/h12-15,22,29H,8-11,16H2,1-7H3;;. The Balaban J connectivity index is 0.00000450. The van der Waals surface area contributed by atoms with Crippen molar-refractivity contribution in [2.45, 2.75) is 74.1 Å². The topological polar surface area (TPSA) is 26.3 Å². The van der Waals surface area contributed by atoms with E-state index in [0.29, 0.717) is 5.92 Å². The number of unbranched alkanes of at least 4 members (excludes halogenated alkanes) is 1. The van der Waals surface area contributed by atoms with Crippen molar-refractivity contribution in [1.29, 1.82) is 0 Å². The van der Waals surface area contributed by atoms with Gasteiger partial charge >= 0.3 is 18.9 Å². The van der Waals surface area contributed by atoms with Crippen LogP contribution in [0.1, 0.15) is 77.7 Å². The molecule has 0 aliphatic carbocycles. The van der Waals surface area contributed by atoms with Crippen LogP contribution in [0.4, 0.5) is 0 Å². The van der Waals surface area contributed by atoms with Gasteiger partial charge in [-0.25, -0.2) is 0 Å². The Labute approximate surface area is 197 Å². The molecule has 0 amide bonds. The van der Waals surface area contributed by atoms with Crippen molar-refractivity contribution >= 4 is 38.3 Å². The van der Waals surface area contributed by atoms with Crippen LogP contribution in [-0.2, 0) is 0 Å². The van der Waals surface area contributed by atoms with Gasteiger partial charge in [-0.2, -0.15) is 0 Å². The quantitative estimate of drug-likeness (QED) is 0.332. The minimum absolute atomic E-state index is 0. The van der Waals surface area contributed by atoms with Crippen molar-refractivity contribution < 1.29 is 9.53 Å². The molecular weight excluding hydrogens is 382 g/mol. The van der Waals surface area contributed by atoms with Gasteiger partial charge in [0.2, 0.25) is 0 Å². The Morgan fingerprint density at radius 1 is 0.967 bits per heavy atom. The number of rotatable bonds is 10. The molecule has 0 heterocycles. The van der Waals surface area contributed by atoms with Gasteiger partial charge < -0.3 is 4.74 Å². The van der Waals surface area contributed by atoms with Gasteiger partial charge in [0.1, 0.15) is 5.75 Å². The van der Waals surface area contributed by atoms with E-state index in [0.717, 1.165) is 46.3 Å². The zero-order valence-electron chi connectivity index (χ0n) is 19.2. The van der Waals surface area contributed by atoms with E-state index in [1.165, 1.54) is 30.4 Å². The summed E-state index contributed by atoms with van der Waals surface area (Å²) in [5.41, 5.74) is 6.93. The molecule has 2 atom stereocenters. The summed E-state index contributed by atoms with van der Waals surface area (Å²) in [6, 6.07) is 8.31. The van der Waals surface area contributed by atoms with Crippen molar-refractivity contribution in [3.63, 3.8) is 0 Å². The second-order valence-electron chi connectivity index (χ2n) is 8.29. The van der Waals surface area contributed by atoms with E-state index in [9.17, 15) is 4.79 Å². The van der Waals surface area contributed by atoms with Gasteiger partial charge in [0, 0.05) is 5.56 Å². The predicted octanol–water partition coefficient (Wildman–Crippen LogP) is 6.32. The number of carbonyl (C=O) groups is 1. The Hall–Kier alpha value is -1.06. The molecule has 0 spiro atoms. The molecule has 0 saturated heterocycles. The van der Waals surface area contributed by atoms with Crippen LogP contribution < -0.4 is 10.0 Å². The number of ether oxygens (including phenoxy) is 1. The van der Waals surface area contributed by atoms with Gasteiger partial charge in [0.15, 0.2) is 5.52 Å². The van der Waals surface area contributed by atoms with Crippen molar-refractivity contribution in [2.24, 2.45) is 5.92 Å². The van der Waals surface area contributed by atoms with E-state index in [1.54, 1.807) is 0 Å². The average Bonchev–Trinajstić information content (AvgIpc) is 2.68. The first-order valence-electron chi connectivity index (χ1n) is 10.9. The minimum atomic E-state index is 0. The number of aryl methyl sites for hydroxylation is 3. The normalized spacial score (nSPS) is 12.1. The molecule has 0 radical (unpaired) electrons. The Bertz CT molecular complexity index is 861. The van der Waals surface area contributed by atoms with E-state index in [2.05, 4.69) is 59.7 Å². The monoisotopic (exact) mass is 420 g/mol. The molecule has 0 N–H and O–H groups in total.